The molecule has 0 aliphatic carbocycles. The van der Waals surface area contributed by atoms with E-state index in [4.69, 9.17) is 14.2 Å². The van der Waals surface area contributed by atoms with E-state index in [1.165, 1.54) is 12.8 Å². The second-order valence-corrected chi connectivity index (χ2v) is 8.72. The van der Waals surface area contributed by atoms with Crippen LogP contribution in [0.5, 0.6) is 5.75 Å². The molecule has 2 saturated heterocycles. The lowest BCUT2D eigenvalue weighted by molar-refractivity contribution is -0.0721. The SMILES string of the molecule is CN=C(NCc1ccccc1OCC(C)C)N1CCC(OCC2CCCCO2)CC1. The predicted octanol–water partition coefficient (Wildman–Crippen LogP) is 3.85. The summed E-state index contributed by atoms with van der Waals surface area (Å²) >= 11 is 0. The molecule has 2 aliphatic rings. The zero-order valence-corrected chi connectivity index (χ0v) is 18.9. The summed E-state index contributed by atoms with van der Waals surface area (Å²) in [5.74, 6) is 2.40. The number of likely N-dealkylation sites (tertiary alicyclic amines) is 1. The molecule has 0 amide bonds. The Balaban J connectivity index is 1.43. The van der Waals surface area contributed by atoms with Crippen LogP contribution in [-0.4, -0.2) is 63.0 Å². The highest BCUT2D eigenvalue weighted by molar-refractivity contribution is 5.80. The van der Waals surface area contributed by atoms with Crippen molar-refractivity contribution in [2.24, 2.45) is 10.9 Å². The molecule has 168 valence electrons. The van der Waals surface area contributed by atoms with E-state index in [0.29, 0.717) is 24.7 Å². The molecule has 2 fully saturated rings. The van der Waals surface area contributed by atoms with E-state index in [1.807, 2.05) is 19.2 Å². The zero-order chi connectivity index (χ0) is 21.2. The minimum Gasteiger partial charge on any atom is -0.493 e. The Morgan fingerprint density at radius 1 is 1.20 bits per heavy atom. The maximum Gasteiger partial charge on any atom is 0.193 e. The molecule has 6 heteroatoms. The van der Waals surface area contributed by atoms with Gasteiger partial charge in [-0.1, -0.05) is 32.0 Å². The van der Waals surface area contributed by atoms with Crippen LogP contribution >= 0.6 is 0 Å². The minimum atomic E-state index is 0.296. The van der Waals surface area contributed by atoms with Crippen molar-refractivity contribution >= 4 is 5.96 Å². The number of para-hydroxylation sites is 1. The van der Waals surface area contributed by atoms with Gasteiger partial charge in [0.05, 0.1) is 25.4 Å². The summed E-state index contributed by atoms with van der Waals surface area (Å²) in [5.41, 5.74) is 1.16. The van der Waals surface area contributed by atoms with Gasteiger partial charge < -0.3 is 24.4 Å². The van der Waals surface area contributed by atoms with Crippen LogP contribution in [0.2, 0.25) is 0 Å². The standard InChI is InChI=1S/C24H39N3O3/c1-19(2)17-30-23-10-5-4-8-20(23)16-26-24(25-3)27-13-11-21(12-14-27)29-18-22-9-6-7-15-28-22/h4-5,8,10,19,21-22H,6-7,9,11-18H2,1-3H3,(H,25,26). The van der Waals surface area contributed by atoms with Crippen molar-refractivity contribution in [1.29, 1.82) is 0 Å². The average Bonchev–Trinajstić information content (AvgIpc) is 2.79. The van der Waals surface area contributed by atoms with Gasteiger partial charge in [-0.25, -0.2) is 0 Å². The first-order valence-electron chi connectivity index (χ1n) is 11.5. The van der Waals surface area contributed by atoms with Crippen molar-refractivity contribution in [2.75, 3.05) is 40.0 Å². The summed E-state index contributed by atoms with van der Waals surface area (Å²) in [6.07, 6.45) is 6.27. The largest absolute Gasteiger partial charge is 0.493 e. The monoisotopic (exact) mass is 417 g/mol. The fourth-order valence-electron chi connectivity index (χ4n) is 3.97. The molecule has 2 aliphatic heterocycles. The summed E-state index contributed by atoms with van der Waals surface area (Å²) in [5, 5.41) is 3.52. The molecular formula is C24H39N3O3. The fraction of sp³-hybridized carbons (Fsp3) is 0.708. The molecule has 1 aromatic rings. The predicted molar refractivity (Wildman–Crippen MR) is 121 cm³/mol. The molecule has 6 nitrogen and oxygen atoms in total. The van der Waals surface area contributed by atoms with Crippen LogP contribution in [0.4, 0.5) is 0 Å². The van der Waals surface area contributed by atoms with Gasteiger partial charge in [0.25, 0.3) is 0 Å². The molecule has 3 rings (SSSR count). The molecule has 1 N–H and O–H groups in total. The van der Waals surface area contributed by atoms with Gasteiger partial charge in [0.1, 0.15) is 5.75 Å². The molecule has 1 aromatic carbocycles. The molecule has 0 saturated carbocycles. The van der Waals surface area contributed by atoms with Gasteiger partial charge in [0.15, 0.2) is 5.96 Å². The second-order valence-electron chi connectivity index (χ2n) is 8.72. The summed E-state index contributed by atoms with van der Waals surface area (Å²) in [6.45, 7) is 9.31. The van der Waals surface area contributed by atoms with Gasteiger partial charge >= 0.3 is 0 Å². The van der Waals surface area contributed by atoms with Crippen molar-refractivity contribution in [2.45, 2.75) is 64.7 Å². The molecule has 0 radical (unpaired) electrons. The summed E-state index contributed by atoms with van der Waals surface area (Å²) in [7, 11) is 1.85. The van der Waals surface area contributed by atoms with Crippen LogP contribution in [0.3, 0.4) is 0 Å². The second kappa shape index (κ2) is 12.2. The van der Waals surface area contributed by atoms with Crippen LogP contribution in [0, 0.1) is 5.92 Å². The number of hydrogen-bond acceptors (Lipinski definition) is 4. The molecule has 0 aromatic heterocycles. The van der Waals surface area contributed by atoms with Gasteiger partial charge in [-0.15, -0.1) is 0 Å². The first kappa shape index (κ1) is 22.9. The van der Waals surface area contributed by atoms with E-state index in [2.05, 4.69) is 41.2 Å². The number of hydrogen-bond donors (Lipinski definition) is 1. The van der Waals surface area contributed by atoms with Gasteiger partial charge in [-0.05, 0) is 44.1 Å². The van der Waals surface area contributed by atoms with Crippen LogP contribution in [0.1, 0.15) is 51.5 Å². The van der Waals surface area contributed by atoms with Gasteiger partial charge in [0, 0.05) is 38.9 Å². The van der Waals surface area contributed by atoms with Crippen LogP contribution in [-0.2, 0) is 16.0 Å². The molecule has 30 heavy (non-hydrogen) atoms. The third-order valence-corrected chi connectivity index (χ3v) is 5.73. The molecular weight excluding hydrogens is 378 g/mol. The number of ether oxygens (including phenoxy) is 3. The Morgan fingerprint density at radius 2 is 2.00 bits per heavy atom. The van der Waals surface area contributed by atoms with Crippen LogP contribution in [0.25, 0.3) is 0 Å². The highest BCUT2D eigenvalue weighted by atomic mass is 16.5. The molecule has 0 spiro atoms. The van der Waals surface area contributed by atoms with Gasteiger partial charge in [0.2, 0.25) is 0 Å². The Hall–Kier alpha value is -1.79. The first-order valence-corrected chi connectivity index (χ1v) is 11.5. The number of guanidine groups is 1. The maximum absolute atomic E-state index is 6.15. The number of nitrogens with one attached hydrogen (secondary N) is 1. The maximum atomic E-state index is 6.15. The lowest BCUT2D eigenvalue weighted by Gasteiger charge is -2.35. The van der Waals surface area contributed by atoms with Gasteiger partial charge in [-0.2, -0.15) is 0 Å². The summed E-state index contributed by atoms with van der Waals surface area (Å²) in [6, 6.07) is 8.24. The highest BCUT2D eigenvalue weighted by Crippen LogP contribution is 2.20. The molecule has 0 bridgehead atoms. The normalized spacial score (nSPS) is 21.1. The Bertz CT molecular complexity index is 651. The summed E-state index contributed by atoms with van der Waals surface area (Å²) < 4.78 is 17.9. The third-order valence-electron chi connectivity index (χ3n) is 5.73. The van der Waals surface area contributed by atoms with Gasteiger partial charge in [-0.3, -0.25) is 4.99 Å². The van der Waals surface area contributed by atoms with E-state index >= 15 is 0 Å². The highest BCUT2D eigenvalue weighted by Gasteiger charge is 2.24. The smallest absolute Gasteiger partial charge is 0.193 e. The number of benzene rings is 1. The third kappa shape index (κ3) is 7.17. The lowest BCUT2D eigenvalue weighted by atomic mass is 10.1. The van der Waals surface area contributed by atoms with E-state index in [1.54, 1.807) is 0 Å². The van der Waals surface area contributed by atoms with E-state index in [-0.39, 0.29) is 0 Å². The van der Waals surface area contributed by atoms with Crippen LogP contribution in [0.15, 0.2) is 29.3 Å². The van der Waals surface area contributed by atoms with Crippen molar-refractivity contribution < 1.29 is 14.2 Å². The van der Waals surface area contributed by atoms with E-state index < -0.39 is 0 Å². The van der Waals surface area contributed by atoms with Crippen LogP contribution < -0.4 is 10.1 Å². The first-order chi connectivity index (χ1) is 14.7. The number of rotatable bonds is 8. The van der Waals surface area contributed by atoms with E-state index in [9.17, 15) is 0 Å². The molecule has 2 heterocycles. The summed E-state index contributed by atoms with van der Waals surface area (Å²) in [4.78, 5) is 6.83. The van der Waals surface area contributed by atoms with Crippen molar-refractivity contribution in [3.8, 4) is 5.75 Å². The zero-order valence-electron chi connectivity index (χ0n) is 18.9. The Labute approximate surface area is 182 Å². The Kier molecular flexibility index (Phi) is 9.27. The number of piperidine rings is 1. The fourth-order valence-corrected chi connectivity index (χ4v) is 3.97. The van der Waals surface area contributed by atoms with Crippen molar-refractivity contribution in [3.05, 3.63) is 29.8 Å². The lowest BCUT2D eigenvalue weighted by Crippen LogP contribution is -2.47. The minimum absolute atomic E-state index is 0.296. The Morgan fingerprint density at radius 3 is 2.70 bits per heavy atom. The quantitative estimate of drug-likeness (QED) is 0.514. The van der Waals surface area contributed by atoms with Crippen molar-refractivity contribution in [1.82, 2.24) is 10.2 Å². The topological polar surface area (TPSA) is 55.3 Å². The molecule has 1 unspecified atom stereocenters. The molecule has 1 atom stereocenters. The van der Waals surface area contributed by atoms with E-state index in [0.717, 1.165) is 69.4 Å². The van der Waals surface area contributed by atoms with Crippen molar-refractivity contribution in [3.63, 3.8) is 0 Å². The number of nitrogens with zero attached hydrogens (tertiary/aromatic N) is 2. The average molecular weight is 418 g/mol. The number of aliphatic imine (C=N–C) groups is 1.